The van der Waals surface area contributed by atoms with E-state index in [1.54, 1.807) is 4.68 Å². The molecule has 2 aromatic carbocycles. The molecular weight excluding hydrogens is 566 g/mol. The van der Waals surface area contributed by atoms with E-state index in [-0.39, 0.29) is 18.8 Å². The van der Waals surface area contributed by atoms with Gasteiger partial charge in [-0.2, -0.15) is 9.37 Å². The number of nitrogens with zero attached hydrogens (tertiary/aromatic N) is 4. The fourth-order valence-electron chi connectivity index (χ4n) is 4.99. The minimum Gasteiger partial charge on any atom is -0.395 e. The van der Waals surface area contributed by atoms with Crippen LogP contribution < -0.4 is 5.32 Å². The Balaban J connectivity index is 1.49. The molecule has 0 saturated heterocycles. The number of aliphatic hydroxyl groups excluding tert-OH is 1. The molecule has 7 nitrogen and oxygen atoms in total. The van der Waals surface area contributed by atoms with Crippen molar-refractivity contribution < 1.29 is 14.2 Å². The van der Waals surface area contributed by atoms with Crippen molar-refractivity contribution in [3.8, 4) is 11.1 Å². The summed E-state index contributed by atoms with van der Waals surface area (Å²) in [7, 11) is -1.24. The van der Waals surface area contributed by atoms with Gasteiger partial charge < -0.3 is 15.2 Å². The summed E-state index contributed by atoms with van der Waals surface area (Å²) in [5.74, 6) is 0.0663. The Morgan fingerprint density at radius 2 is 1.95 bits per heavy atom. The van der Waals surface area contributed by atoms with E-state index in [0.717, 1.165) is 52.6 Å². The second-order valence-corrected chi connectivity index (χ2v) is 19.4. The van der Waals surface area contributed by atoms with Crippen LogP contribution in [-0.4, -0.2) is 46.1 Å². The fourth-order valence-corrected chi connectivity index (χ4v) is 6.56. The molecule has 10 heteroatoms. The molecule has 0 radical (unpaired) electrons. The Morgan fingerprint density at radius 1 is 1.12 bits per heavy atom. The zero-order valence-electron chi connectivity index (χ0n) is 25.1. The molecule has 2 N–H and O–H groups in total. The van der Waals surface area contributed by atoms with Gasteiger partial charge in [0.05, 0.1) is 12.3 Å². The van der Waals surface area contributed by atoms with Crippen LogP contribution in [0.2, 0.25) is 25.7 Å². The maximum atomic E-state index is 14.2. The van der Waals surface area contributed by atoms with Crippen LogP contribution in [0.3, 0.4) is 0 Å². The van der Waals surface area contributed by atoms with Gasteiger partial charge in [-0.05, 0) is 77.5 Å². The van der Waals surface area contributed by atoms with Crippen LogP contribution in [0.5, 0.6) is 0 Å². The highest BCUT2D eigenvalue weighted by atomic mass is 32.2. The predicted molar refractivity (Wildman–Crippen MR) is 170 cm³/mol. The molecule has 0 saturated carbocycles. The molecule has 42 heavy (non-hydrogen) atoms. The summed E-state index contributed by atoms with van der Waals surface area (Å²) in [5.41, 5.74) is 5.82. The minimum atomic E-state index is -1.24. The first-order chi connectivity index (χ1) is 20.0. The van der Waals surface area contributed by atoms with Crippen LogP contribution in [0, 0.1) is 5.95 Å². The number of ether oxygens (including phenoxy) is 1. The summed E-state index contributed by atoms with van der Waals surface area (Å²) in [6.07, 6.45) is 4.53. The monoisotopic (exact) mass is 605 g/mol. The largest absolute Gasteiger partial charge is 0.395 e. The Bertz CT molecular complexity index is 1550. The third-order valence-electron chi connectivity index (χ3n) is 7.64. The van der Waals surface area contributed by atoms with E-state index in [1.165, 1.54) is 35.2 Å². The Hall–Kier alpha value is -3.05. The van der Waals surface area contributed by atoms with Gasteiger partial charge in [0, 0.05) is 42.8 Å². The topological polar surface area (TPSA) is 85.1 Å². The molecule has 0 atom stereocenters. The Kier molecular flexibility index (Phi) is 9.17. The number of rotatable bonds is 12. The van der Waals surface area contributed by atoms with Crippen LogP contribution in [0.25, 0.3) is 11.1 Å². The maximum absolute atomic E-state index is 14.2. The lowest BCUT2D eigenvalue weighted by Crippen LogP contribution is -2.22. The number of anilines is 2. The second kappa shape index (κ2) is 12.7. The summed E-state index contributed by atoms with van der Waals surface area (Å²) < 4.78 is 22.0. The Morgan fingerprint density at radius 3 is 2.71 bits per heavy atom. The molecule has 2 aromatic heterocycles. The third kappa shape index (κ3) is 7.29. The minimum absolute atomic E-state index is 0.0575. The van der Waals surface area contributed by atoms with Gasteiger partial charge in [-0.15, -0.1) is 5.10 Å². The number of hydrogen-bond acceptors (Lipinski definition) is 7. The third-order valence-corrected chi connectivity index (χ3v) is 10.2. The normalized spacial score (nSPS) is 13.4. The summed E-state index contributed by atoms with van der Waals surface area (Å²) in [4.78, 5) is 9.66. The number of halogens is 1. The molecule has 0 spiro atoms. The van der Waals surface area contributed by atoms with Crippen molar-refractivity contribution in [2.24, 2.45) is 0 Å². The average molecular weight is 606 g/mol. The summed E-state index contributed by atoms with van der Waals surface area (Å²) >= 11 is 1.47. The smallest absolute Gasteiger partial charge is 0.228 e. The average Bonchev–Trinajstić information content (AvgIpc) is 3.58. The number of benzene rings is 2. The predicted octanol–water partition coefficient (Wildman–Crippen LogP) is 7.44. The number of aliphatic hydroxyl groups is 1. The standard InChI is InChI=1S/C32H40FN5O2SSi/c1-32(2,20-39)24-9-7-10-25(19-24)41-31-36-30(38(37-31)21-40-16-17-42(3,4)5)35-29-26-11-6-8-22(26)12-13-27(29)23-14-15-34-28(33)18-23/h7,9-10,12-15,18-19,39H,6,8,11,16-17,20-21H2,1-5H3,(H,35,36,37). The molecule has 2 heterocycles. The molecule has 4 aromatic rings. The highest BCUT2D eigenvalue weighted by molar-refractivity contribution is 7.99. The van der Waals surface area contributed by atoms with Gasteiger partial charge in [-0.1, -0.05) is 57.8 Å². The van der Waals surface area contributed by atoms with Crippen molar-refractivity contribution in [3.63, 3.8) is 0 Å². The lowest BCUT2D eigenvalue weighted by Gasteiger charge is -2.22. The zero-order valence-corrected chi connectivity index (χ0v) is 26.9. The van der Waals surface area contributed by atoms with Gasteiger partial charge in [0.25, 0.3) is 0 Å². The lowest BCUT2D eigenvalue weighted by atomic mass is 9.86. The first-order valence-electron chi connectivity index (χ1n) is 14.5. The van der Waals surface area contributed by atoms with Gasteiger partial charge in [0.2, 0.25) is 17.1 Å². The molecule has 5 rings (SSSR count). The van der Waals surface area contributed by atoms with Gasteiger partial charge >= 0.3 is 0 Å². The van der Waals surface area contributed by atoms with Crippen LogP contribution in [-0.2, 0) is 29.7 Å². The van der Waals surface area contributed by atoms with Crippen LogP contribution in [0.15, 0.2) is 64.8 Å². The van der Waals surface area contributed by atoms with Crippen LogP contribution >= 0.6 is 11.8 Å². The van der Waals surface area contributed by atoms with Crippen molar-refractivity contribution in [2.45, 2.75) is 81.0 Å². The molecule has 222 valence electrons. The van der Waals surface area contributed by atoms with Crippen LogP contribution in [0.1, 0.15) is 37.0 Å². The maximum Gasteiger partial charge on any atom is 0.228 e. The van der Waals surface area contributed by atoms with Gasteiger partial charge in [-0.3, -0.25) is 0 Å². The Labute approximate surface area is 253 Å². The van der Waals surface area contributed by atoms with E-state index in [1.807, 2.05) is 38.1 Å². The van der Waals surface area contributed by atoms with E-state index in [4.69, 9.17) is 14.8 Å². The highest BCUT2D eigenvalue weighted by Gasteiger charge is 2.23. The molecule has 0 bridgehead atoms. The summed E-state index contributed by atoms with van der Waals surface area (Å²) in [6, 6.07) is 16.7. The van der Waals surface area contributed by atoms with Gasteiger partial charge in [-0.25, -0.2) is 9.67 Å². The molecule has 0 fully saturated rings. The van der Waals surface area contributed by atoms with Crippen molar-refractivity contribution >= 4 is 31.5 Å². The number of hydrogen-bond donors (Lipinski definition) is 2. The van der Waals surface area contributed by atoms with Crippen LogP contribution in [0.4, 0.5) is 16.0 Å². The van der Waals surface area contributed by atoms with Gasteiger partial charge in [0.15, 0.2) is 0 Å². The van der Waals surface area contributed by atoms with E-state index in [9.17, 15) is 9.50 Å². The van der Waals surface area contributed by atoms with E-state index >= 15 is 0 Å². The lowest BCUT2D eigenvalue weighted by molar-refractivity contribution is 0.0792. The number of fused-ring (bicyclic) bond motifs is 1. The molecule has 0 unspecified atom stereocenters. The molecule has 1 aliphatic rings. The molecular formula is C32H40FN5O2SSi. The van der Waals surface area contributed by atoms with Crippen molar-refractivity contribution in [1.29, 1.82) is 0 Å². The molecule has 1 aliphatic carbocycles. The first kappa shape index (κ1) is 30.4. The summed E-state index contributed by atoms with van der Waals surface area (Å²) in [6.45, 7) is 12.0. The summed E-state index contributed by atoms with van der Waals surface area (Å²) in [5, 5.41) is 18.9. The zero-order chi connectivity index (χ0) is 29.9. The fraction of sp³-hybridized carbons (Fsp3) is 0.406. The number of aryl methyl sites for hydroxylation is 1. The first-order valence-corrected chi connectivity index (χ1v) is 19.0. The molecule has 0 amide bonds. The van der Waals surface area contributed by atoms with E-state index in [0.29, 0.717) is 17.7 Å². The molecule has 0 aliphatic heterocycles. The van der Waals surface area contributed by atoms with Crippen molar-refractivity contribution in [2.75, 3.05) is 18.5 Å². The van der Waals surface area contributed by atoms with E-state index < -0.39 is 14.0 Å². The number of aromatic nitrogens is 4. The quantitative estimate of drug-likeness (QED) is 0.0986. The van der Waals surface area contributed by atoms with Crippen molar-refractivity contribution in [3.05, 3.63) is 77.4 Å². The van der Waals surface area contributed by atoms with Crippen molar-refractivity contribution in [1.82, 2.24) is 19.7 Å². The SMILES string of the molecule is CC(C)(CO)c1cccc(Sc2nc(Nc3c(-c4ccnc(F)c4)ccc4c3CCC4)n(COCC[Si](C)(C)C)n2)c1. The second-order valence-electron chi connectivity index (χ2n) is 12.7. The van der Waals surface area contributed by atoms with E-state index in [2.05, 4.69) is 48.1 Å². The number of nitrogens with one attached hydrogen (secondary N) is 1. The highest BCUT2D eigenvalue weighted by Crippen LogP contribution is 2.39. The van der Waals surface area contributed by atoms with Gasteiger partial charge in [0.1, 0.15) is 6.73 Å². The number of pyridine rings is 1.